The van der Waals surface area contributed by atoms with E-state index in [2.05, 4.69) is 5.32 Å². The number of nitrogens with zero attached hydrogens (tertiary/aromatic N) is 1. The minimum Gasteiger partial charge on any atom is -0.442 e. The van der Waals surface area contributed by atoms with Gasteiger partial charge in [-0.15, -0.1) is 0 Å². The van der Waals surface area contributed by atoms with E-state index >= 15 is 0 Å². The molecule has 3 fully saturated rings. The van der Waals surface area contributed by atoms with E-state index in [0.29, 0.717) is 25.0 Å². The molecule has 2 unspecified atom stereocenters. The maximum Gasteiger partial charge on any atom is 0.410 e. The van der Waals surface area contributed by atoms with Crippen molar-refractivity contribution >= 4 is 12.0 Å². The van der Waals surface area contributed by atoms with Crippen LogP contribution in [0.2, 0.25) is 0 Å². The summed E-state index contributed by atoms with van der Waals surface area (Å²) in [5.74, 6) is -0.288. The van der Waals surface area contributed by atoms with Crippen LogP contribution in [0.15, 0.2) is 24.3 Å². The first kappa shape index (κ1) is 15.4. The summed E-state index contributed by atoms with van der Waals surface area (Å²) in [6.45, 7) is 0.882. The number of benzene rings is 1. The van der Waals surface area contributed by atoms with Gasteiger partial charge in [0.25, 0.3) is 0 Å². The fraction of sp³-hybridized carbons (Fsp3) is 0.556. The van der Waals surface area contributed by atoms with Crippen LogP contribution >= 0.6 is 0 Å². The first-order valence-electron chi connectivity index (χ1n) is 8.62. The van der Waals surface area contributed by atoms with E-state index in [0.717, 1.165) is 31.2 Å². The van der Waals surface area contributed by atoms with Gasteiger partial charge in [-0.1, -0.05) is 12.1 Å². The Hall–Kier alpha value is -2.11. The fourth-order valence-corrected chi connectivity index (χ4v) is 3.39. The molecule has 1 aliphatic heterocycles. The molecular formula is C18H21FN2O3. The summed E-state index contributed by atoms with van der Waals surface area (Å²) in [7, 11) is 0. The van der Waals surface area contributed by atoms with Crippen molar-refractivity contribution < 1.29 is 18.7 Å². The molecule has 2 saturated carbocycles. The van der Waals surface area contributed by atoms with Gasteiger partial charge in [0.1, 0.15) is 11.9 Å². The highest BCUT2D eigenvalue weighted by Crippen LogP contribution is 2.42. The molecule has 0 radical (unpaired) electrons. The molecule has 5 nitrogen and oxygen atoms in total. The summed E-state index contributed by atoms with van der Waals surface area (Å²) < 4.78 is 18.4. The second kappa shape index (κ2) is 6.07. The molecule has 2 aliphatic carbocycles. The molecule has 1 saturated heterocycles. The Morgan fingerprint density at radius 1 is 1.25 bits per heavy atom. The average Bonchev–Trinajstić information content (AvgIpc) is 3.47. The second-order valence-corrected chi connectivity index (χ2v) is 7.00. The van der Waals surface area contributed by atoms with Gasteiger partial charge in [-0.3, -0.25) is 4.79 Å². The van der Waals surface area contributed by atoms with Crippen molar-refractivity contribution in [3.05, 3.63) is 35.6 Å². The summed E-state index contributed by atoms with van der Waals surface area (Å²) in [5.41, 5.74) is 0.847. The van der Waals surface area contributed by atoms with E-state index in [9.17, 15) is 14.0 Å². The van der Waals surface area contributed by atoms with E-state index in [1.54, 1.807) is 17.0 Å². The third kappa shape index (κ3) is 3.23. The maximum atomic E-state index is 13.1. The molecule has 24 heavy (non-hydrogen) atoms. The lowest BCUT2D eigenvalue weighted by Crippen LogP contribution is -2.38. The molecule has 0 aromatic heterocycles. The first-order valence-corrected chi connectivity index (χ1v) is 8.62. The number of rotatable bonds is 6. The van der Waals surface area contributed by atoms with Crippen molar-refractivity contribution in [2.24, 2.45) is 5.92 Å². The molecule has 1 aromatic carbocycles. The minimum atomic E-state index is -0.299. The van der Waals surface area contributed by atoms with Gasteiger partial charge in [0.05, 0.1) is 19.0 Å². The molecule has 1 N–H and O–H groups in total. The summed E-state index contributed by atoms with van der Waals surface area (Å²) in [6.07, 6.45) is 3.57. The second-order valence-electron chi connectivity index (χ2n) is 7.00. The van der Waals surface area contributed by atoms with Crippen molar-refractivity contribution in [3.8, 4) is 0 Å². The molecule has 2 atom stereocenters. The quantitative estimate of drug-likeness (QED) is 0.870. The highest BCUT2D eigenvalue weighted by Gasteiger charge is 2.42. The van der Waals surface area contributed by atoms with E-state index in [1.807, 2.05) is 0 Å². The van der Waals surface area contributed by atoms with Crippen LogP contribution in [0.4, 0.5) is 9.18 Å². The van der Waals surface area contributed by atoms with E-state index < -0.39 is 0 Å². The van der Waals surface area contributed by atoms with Gasteiger partial charge in [-0.05, 0) is 49.3 Å². The molecule has 0 bridgehead atoms. The molecule has 128 valence electrons. The maximum absolute atomic E-state index is 13.1. The number of cyclic esters (lactones) is 1. The number of carbonyl (C=O) groups excluding carboxylic acids is 2. The number of hydrogen-bond donors (Lipinski definition) is 1. The van der Waals surface area contributed by atoms with Crippen LogP contribution in [-0.4, -0.2) is 42.1 Å². The highest BCUT2D eigenvalue weighted by atomic mass is 19.1. The Morgan fingerprint density at radius 2 is 1.96 bits per heavy atom. The number of amides is 2. The number of ether oxygens (including phenoxy) is 1. The molecule has 6 heteroatoms. The Morgan fingerprint density at radius 3 is 2.58 bits per heavy atom. The van der Waals surface area contributed by atoms with Crippen LogP contribution in [0.25, 0.3) is 0 Å². The van der Waals surface area contributed by atoms with Crippen molar-refractivity contribution in [1.29, 1.82) is 0 Å². The monoisotopic (exact) mass is 332 g/mol. The van der Waals surface area contributed by atoms with Crippen LogP contribution < -0.4 is 5.32 Å². The summed E-state index contributed by atoms with van der Waals surface area (Å²) in [6, 6.07) is 6.48. The van der Waals surface area contributed by atoms with Gasteiger partial charge < -0.3 is 15.0 Å². The van der Waals surface area contributed by atoms with Crippen LogP contribution in [0, 0.1) is 11.7 Å². The summed E-state index contributed by atoms with van der Waals surface area (Å²) in [4.78, 5) is 26.1. The minimum absolute atomic E-state index is 0.0648. The van der Waals surface area contributed by atoms with Crippen molar-refractivity contribution in [2.75, 3.05) is 13.1 Å². The number of halogens is 1. The third-order valence-corrected chi connectivity index (χ3v) is 5.00. The highest BCUT2D eigenvalue weighted by molar-refractivity contribution is 5.84. The molecule has 1 heterocycles. The van der Waals surface area contributed by atoms with Crippen LogP contribution in [0.5, 0.6) is 0 Å². The lowest BCUT2D eigenvalue weighted by atomic mass is 9.93. The van der Waals surface area contributed by atoms with Gasteiger partial charge >= 0.3 is 6.09 Å². The molecule has 2 amide bonds. The van der Waals surface area contributed by atoms with Crippen LogP contribution in [-0.2, 0) is 9.53 Å². The fourth-order valence-electron chi connectivity index (χ4n) is 3.39. The lowest BCUT2D eigenvalue weighted by molar-refractivity contribution is -0.123. The van der Waals surface area contributed by atoms with Gasteiger partial charge in [-0.2, -0.15) is 0 Å². The summed E-state index contributed by atoms with van der Waals surface area (Å²) >= 11 is 0. The zero-order chi connectivity index (χ0) is 16.7. The topological polar surface area (TPSA) is 58.6 Å². The predicted octanol–water partition coefficient (Wildman–Crippen LogP) is 2.42. The zero-order valence-corrected chi connectivity index (χ0v) is 13.4. The number of carbonyl (C=O) groups is 2. The Bertz CT molecular complexity index is 640. The van der Waals surface area contributed by atoms with Gasteiger partial charge in [-0.25, -0.2) is 9.18 Å². The van der Waals surface area contributed by atoms with E-state index in [-0.39, 0.29) is 29.8 Å². The third-order valence-electron chi connectivity index (χ3n) is 5.00. The van der Waals surface area contributed by atoms with E-state index in [4.69, 9.17) is 4.74 Å². The lowest BCUT2D eigenvalue weighted by Gasteiger charge is -2.18. The largest absolute Gasteiger partial charge is 0.442 e. The number of hydrogen-bond acceptors (Lipinski definition) is 3. The Labute approximate surface area is 140 Å². The normalized spacial score (nSPS) is 24.6. The Kier molecular flexibility index (Phi) is 3.90. The number of nitrogens with one attached hydrogen (secondary N) is 1. The van der Waals surface area contributed by atoms with Gasteiger partial charge in [0, 0.05) is 6.04 Å². The van der Waals surface area contributed by atoms with Crippen molar-refractivity contribution in [1.82, 2.24) is 10.2 Å². The molecular weight excluding hydrogens is 311 g/mol. The van der Waals surface area contributed by atoms with Crippen molar-refractivity contribution in [3.63, 3.8) is 0 Å². The molecule has 4 rings (SSSR count). The first-order chi connectivity index (χ1) is 11.6. The summed E-state index contributed by atoms with van der Waals surface area (Å²) in [5, 5.41) is 2.92. The zero-order valence-electron chi connectivity index (χ0n) is 13.4. The van der Waals surface area contributed by atoms with Crippen LogP contribution in [0.3, 0.4) is 0 Å². The standard InChI is InChI=1S/C18H21FN2O3/c19-13-5-3-12(4-6-13)16(11-1-2-11)17(22)20-9-15-10-21(14-7-8-14)18(23)24-15/h3-6,11,14-16H,1-2,7-10H2,(H,20,22). The van der Waals surface area contributed by atoms with Gasteiger partial charge in [0.15, 0.2) is 0 Å². The smallest absolute Gasteiger partial charge is 0.410 e. The predicted molar refractivity (Wildman–Crippen MR) is 84.9 cm³/mol. The molecule has 3 aliphatic rings. The molecule has 1 aromatic rings. The van der Waals surface area contributed by atoms with E-state index in [1.165, 1.54) is 12.1 Å². The Balaban J connectivity index is 1.35. The van der Waals surface area contributed by atoms with Crippen molar-refractivity contribution in [2.45, 2.75) is 43.7 Å². The molecule has 0 spiro atoms. The van der Waals surface area contributed by atoms with Crippen LogP contribution in [0.1, 0.15) is 37.2 Å². The van der Waals surface area contributed by atoms with Gasteiger partial charge in [0.2, 0.25) is 5.91 Å². The average molecular weight is 332 g/mol. The SMILES string of the molecule is O=C(NCC1CN(C2CC2)C(=O)O1)C(c1ccc(F)cc1)C1CC1.